The number of benzene rings is 2. The van der Waals surface area contributed by atoms with Crippen LogP contribution in [0, 0.1) is 0 Å². The van der Waals surface area contributed by atoms with E-state index in [4.69, 9.17) is 30.5 Å². The normalized spacial score (nSPS) is 22.8. The smallest absolute Gasteiger partial charge is 0.303 e. The van der Waals surface area contributed by atoms with E-state index in [2.05, 4.69) is 38.1 Å². The molecular weight excluding hydrogens is 578 g/mol. The van der Waals surface area contributed by atoms with Crippen molar-refractivity contribution in [1.82, 2.24) is 19.5 Å². The number of esters is 3. The van der Waals surface area contributed by atoms with Crippen LogP contribution in [0.15, 0.2) is 60.9 Å². The SMILES string of the molecule is CC(=O)OC[C@H]1O[C@@H](n2cnc3c(N4CC(c5ccccc5)c5ccccc54)nc(Cl)nc32)[C@H](OC(C)=O)[C@@H]1OC(C)=O. The lowest BCUT2D eigenvalue weighted by molar-refractivity contribution is -0.166. The number of hydrogen-bond acceptors (Lipinski definition) is 11. The molecule has 0 saturated carbocycles. The molecule has 12 nitrogen and oxygen atoms in total. The van der Waals surface area contributed by atoms with Crippen LogP contribution in [0.1, 0.15) is 44.0 Å². The first-order chi connectivity index (χ1) is 20.7. The van der Waals surface area contributed by atoms with Crippen LogP contribution in [-0.2, 0) is 33.3 Å². The highest BCUT2D eigenvalue weighted by Gasteiger charge is 2.51. The number of carbonyl (C=O) groups excluding carboxylic acids is 3. The molecule has 1 unspecified atom stereocenters. The molecule has 0 aliphatic carbocycles. The van der Waals surface area contributed by atoms with Crippen molar-refractivity contribution in [2.24, 2.45) is 0 Å². The second kappa shape index (κ2) is 11.6. The zero-order valence-electron chi connectivity index (χ0n) is 23.5. The number of rotatable bonds is 7. The van der Waals surface area contributed by atoms with E-state index in [9.17, 15) is 14.4 Å². The first-order valence-electron chi connectivity index (χ1n) is 13.7. The second-order valence-corrected chi connectivity index (χ2v) is 10.6. The van der Waals surface area contributed by atoms with Crippen molar-refractivity contribution in [3.8, 4) is 0 Å². The molecule has 2 aliphatic rings. The van der Waals surface area contributed by atoms with E-state index in [0.29, 0.717) is 23.5 Å². The van der Waals surface area contributed by atoms with Crippen LogP contribution >= 0.6 is 11.6 Å². The third kappa shape index (κ3) is 5.51. The Bertz CT molecular complexity index is 1700. The van der Waals surface area contributed by atoms with Crippen LogP contribution in [0.4, 0.5) is 11.5 Å². The molecule has 1 saturated heterocycles. The summed E-state index contributed by atoms with van der Waals surface area (Å²) in [5.74, 6) is -1.21. The van der Waals surface area contributed by atoms with Gasteiger partial charge in [-0.2, -0.15) is 9.97 Å². The summed E-state index contributed by atoms with van der Waals surface area (Å²) in [7, 11) is 0. The molecule has 0 N–H and O–H groups in total. The Labute approximate surface area is 251 Å². The lowest BCUT2D eigenvalue weighted by Gasteiger charge is -2.24. The summed E-state index contributed by atoms with van der Waals surface area (Å²) >= 11 is 6.51. The van der Waals surface area contributed by atoms with Crippen molar-refractivity contribution >= 4 is 52.2 Å². The molecule has 2 aromatic carbocycles. The van der Waals surface area contributed by atoms with Gasteiger partial charge in [0.1, 0.15) is 12.7 Å². The predicted molar refractivity (Wildman–Crippen MR) is 154 cm³/mol. The summed E-state index contributed by atoms with van der Waals surface area (Å²) < 4.78 is 24.0. The van der Waals surface area contributed by atoms with Gasteiger partial charge in [0, 0.05) is 38.9 Å². The van der Waals surface area contributed by atoms with E-state index in [1.165, 1.54) is 32.7 Å². The van der Waals surface area contributed by atoms with Crippen molar-refractivity contribution < 1.29 is 33.3 Å². The maximum Gasteiger partial charge on any atom is 0.303 e. The number of ether oxygens (including phenoxy) is 4. The van der Waals surface area contributed by atoms with Crippen molar-refractivity contribution in [3.05, 3.63) is 77.3 Å². The molecule has 0 bridgehead atoms. The first-order valence-corrected chi connectivity index (χ1v) is 14.0. The highest BCUT2D eigenvalue weighted by Crippen LogP contribution is 2.45. The van der Waals surface area contributed by atoms with Gasteiger partial charge in [0.05, 0.1) is 6.33 Å². The molecule has 0 amide bonds. The summed E-state index contributed by atoms with van der Waals surface area (Å²) in [5.41, 5.74) is 4.02. The molecular formula is C30H28ClN5O7. The maximum atomic E-state index is 12.1. The first kappa shape index (κ1) is 28.6. The molecule has 2 aromatic heterocycles. The van der Waals surface area contributed by atoms with Crippen molar-refractivity contribution in [2.45, 2.75) is 51.2 Å². The fraction of sp³-hybridized carbons (Fsp3) is 0.333. The van der Waals surface area contributed by atoms with Crippen LogP contribution in [0.25, 0.3) is 11.2 Å². The number of hydrogen-bond donors (Lipinski definition) is 0. The number of aromatic nitrogens is 4. The number of para-hydroxylation sites is 1. The molecule has 4 aromatic rings. The van der Waals surface area contributed by atoms with Crippen molar-refractivity contribution in [3.63, 3.8) is 0 Å². The summed E-state index contributed by atoms with van der Waals surface area (Å²) in [5, 5.41) is -0.0278. The zero-order chi connectivity index (χ0) is 30.2. The maximum absolute atomic E-state index is 12.1. The van der Waals surface area contributed by atoms with E-state index < -0.39 is 42.4 Å². The molecule has 0 radical (unpaired) electrons. The van der Waals surface area contributed by atoms with Gasteiger partial charge in [-0.3, -0.25) is 19.0 Å². The van der Waals surface area contributed by atoms with Crippen LogP contribution in [0.3, 0.4) is 0 Å². The van der Waals surface area contributed by atoms with Gasteiger partial charge in [-0.1, -0.05) is 48.5 Å². The standard InChI is InChI=1S/C30H28ClN5O7/c1-16(37)40-14-23-25(41-17(2)38)26(42-18(3)39)29(43-23)36-15-32-24-27(33-30(31)34-28(24)36)35-13-21(19-9-5-4-6-10-19)20-11-7-8-12-22(20)35/h4-12,15,21,23,25-26,29H,13-14H2,1-3H3/t21?,23-,25-,26-,29-/m1/s1. The van der Waals surface area contributed by atoms with Crippen LogP contribution in [0.5, 0.6) is 0 Å². The fourth-order valence-corrected chi connectivity index (χ4v) is 5.91. The van der Waals surface area contributed by atoms with Gasteiger partial charge in [0.2, 0.25) is 5.28 Å². The molecule has 5 atom stereocenters. The molecule has 222 valence electrons. The van der Waals surface area contributed by atoms with Gasteiger partial charge in [0.15, 0.2) is 35.4 Å². The van der Waals surface area contributed by atoms with E-state index >= 15 is 0 Å². The molecule has 1 fully saturated rings. The molecule has 6 rings (SSSR count). The molecule has 4 heterocycles. The summed E-state index contributed by atoms with van der Waals surface area (Å²) in [4.78, 5) is 51.4. The van der Waals surface area contributed by atoms with Crippen LogP contribution < -0.4 is 4.90 Å². The molecule has 13 heteroatoms. The topological polar surface area (TPSA) is 135 Å². The third-order valence-corrected chi connectivity index (χ3v) is 7.59. The van der Waals surface area contributed by atoms with E-state index in [-0.39, 0.29) is 17.8 Å². The average molecular weight is 606 g/mol. The van der Waals surface area contributed by atoms with Gasteiger partial charge in [-0.25, -0.2) is 4.98 Å². The largest absolute Gasteiger partial charge is 0.463 e. The Balaban J connectivity index is 1.42. The Kier molecular flexibility index (Phi) is 7.72. The summed E-state index contributed by atoms with van der Waals surface area (Å²) in [6.07, 6.45) is -2.67. The Morgan fingerprint density at radius 3 is 2.35 bits per heavy atom. The van der Waals surface area contributed by atoms with Gasteiger partial charge in [-0.15, -0.1) is 0 Å². The van der Waals surface area contributed by atoms with Gasteiger partial charge in [0.25, 0.3) is 0 Å². The molecule has 0 spiro atoms. The Hall–Kier alpha value is -4.55. The lowest BCUT2D eigenvalue weighted by atomic mass is 9.93. The van der Waals surface area contributed by atoms with E-state index in [1.54, 1.807) is 4.57 Å². The zero-order valence-corrected chi connectivity index (χ0v) is 24.3. The number of fused-ring (bicyclic) bond motifs is 2. The number of imidazole rings is 1. The summed E-state index contributed by atoms with van der Waals surface area (Å²) in [6, 6.07) is 18.3. The average Bonchev–Trinajstić information content (AvgIpc) is 3.66. The van der Waals surface area contributed by atoms with Crippen molar-refractivity contribution in [2.75, 3.05) is 18.1 Å². The van der Waals surface area contributed by atoms with Gasteiger partial charge in [-0.05, 0) is 28.8 Å². The molecule has 2 aliphatic heterocycles. The Morgan fingerprint density at radius 2 is 1.63 bits per heavy atom. The second-order valence-electron chi connectivity index (χ2n) is 10.3. The van der Waals surface area contributed by atoms with E-state index in [1.807, 2.05) is 36.4 Å². The van der Waals surface area contributed by atoms with Crippen LogP contribution in [0.2, 0.25) is 5.28 Å². The minimum Gasteiger partial charge on any atom is -0.463 e. The third-order valence-electron chi connectivity index (χ3n) is 7.42. The number of anilines is 2. The number of nitrogens with zero attached hydrogens (tertiary/aromatic N) is 5. The van der Waals surface area contributed by atoms with E-state index in [0.717, 1.165) is 11.3 Å². The molecule has 43 heavy (non-hydrogen) atoms. The minimum absolute atomic E-state index is 0.0278. The van der Waals surface area contributed by atoms with Crippen molar-refractivity contribution in [1.29, 1.82) is 0 Å². The lowest BCUT2D eigenvalue weighted by Crippen LogP contribution is -2.40. The van der Waals surface area contributed by atoms with Gasteiger partial charge < -0.3 is 23.8 Å². The quantitative estimate of drug-likeness (QED) is 0.171. The van der Waals surface area contributed by atoms with Gasteiger partial charge >= 0.3 is 17.9 Å². The number of carbonyl (C=O) groups is 3. The predicted octanol–water partition coefficient (Wildman–Crippen LogP) is 4.09. The minimum atomic E-state index is -1.11. The highest BCUT2D eigenvalue weighted by molar-refractivity contribution is 6.28. The van der Waals surface area contributed by atoms with Crippen LogP contribution in [-0.4, -0.2) is 68.9 Å². The summed E-state index contributed by atoms with van der Waals surface area (Å²) in [6.45, 7) is 4.07. The Morgan fingerprint density at radius 1 is 0.930 bits per heavy atom. The highest BCUT2D eigenvalue weighted by atomic mass is 35.5. The number of halogens is 1. The fourth-order valence-electron chi connectivity index (χ4n) is 5.75. The monoisotopic (exact) mass is 605 g/mol.